The molecule has 0 aliphatic heterocycles. The normalized spacial score (nSPS) is 15.8. The second-order valence-corrected chi connectivity index (χ2v) is 4.91. The maximum absolute atomic E-state index is 7.74. The fraction of sp³-hybridized carbons (Fsp3) is 0.300. The quantitative estimate of drug-likeness (QED) is 0.454. The standard InChI is InChI=1S/C10H11BrClN5/c11-10-15-4-6(12)9(17-10)16-8(14)3-7(13)5-1-2-5/h3-5H,1-2,13H2,(H2,14,15,16,17)/b7-3-. The summed E-state index contributed by atoms with van der Waals surface area (Å²) in [5.74, 6) is 0.991. The maximum atomic E-state index is 7.74. The molecule has 17 heavy (non-hydrogen) atoms. The summed E-state index contributed by atoms with van der Waals surface area (Å²) in [5, 5.41) is 10.9. The van der Waals surface area contributed by atoms with E-state index in [1.54, 1.807) is 6.08 Å². The van der Waals surface area contributed by atoms with Crippen LogP contribution in [-0.4, -0.2) is 15.8 Å². The number of nitrogens with zero attached hydrogens (tertiary/aromatic N) is 2. The van der Waals surface area contributed by atoms with Gasteiger partial charge in [-0.25, -0.2) is 9.97 Å². The Balaban J connectivity index is 2.07. The van der Waals surface area contributed by atoms with E-state index in [-0.39, 0.29) is 5.84 Å². The molecule has 0 saturated heterocycles. The van der Waals surface area contributed by atoms with Gasteiger partial charge in [0.1, 0.15) is 10.9 Å². The second-order valence-electron chi connectivity index (χ2n) is 3.79. The molecule has 1 fully saturated rings. The SMILES string of the molecule is N=C(/C=C(\N)C1CC1)Nc1nc(Br)ncc1Cl. The Bertz CT molecular complexity index is 484. The van der Waals surface area contributed by atoms with Crippen LogP contribution in [-0.2, 0) is 0 Å². The van der Waals surface area contributed by atoms with Gasteiger partial charge in [-0.05, 0) is 40.8 Å². The van der Waals surface area contributed by atoms with Crippen LogP contribution in [0.1, 0.15) is 12.8 Å². The number of nitrogens with one attached hydrogen (secondary N) is 2. The van der Waals surface area contributed by atoms with Crippen molar-refractivity contribution < 1.29 is 0 Å². The molecule has 1 aromatic heterocycles. The van der Waals surface area contributed by atoms with Crippen LogP contribution in [0.4, 0.5) is 5.82 Å². The molecule has 5 nitrogen and oxygen atoms in total. The molecule has 7 heteroatoms. The first kappa shape index (κ1) is 12.3. The summed E-state index contributed by atoms with van der Waals surface area (Å²) in [6, 6.07) is 0. The fourth-order valence-corrected chi connectivity index (χ4v) is 1.72. The summed E-state index contributed by atoms with van der Waals surface area (Å²) in [6.07, 6.45) is 5.27. The van der Waals surface area contributed by atoms with E-state index in [1.165, 1.54) is 6.20 Å². The van der Waals surface area contributed by atoms with Crippen LogP contribution in [0.3, 0.4) is 0 Å². The van der Waals surface area contributed by atoms with Crippen molar-refractivity contribution >= 4 is 39.2 Å². The third-order valence-electron chi connectivity index (χ3n) is 2.33. The number of amidine groups is 1. The van der Waals surface area contributed by atoms with Crippen LogP contribution >= 0.6 is 27.5 Å². The summed E-state index contributed by atoms with van der Waals surface area (Å²) in [6.45, 7) is 0. The van der Waals surface area contributed by atoms with Crippen LogP contribution in [0, 0.1) is 11.3 Å². The van der Waals surface area contributed by atoms with E-state index < -0.39 is 0 Å². The lowest BCUT2D eigenvalue weighted by Gasteiger charge is -2.06. The molecular weight excluding hydrogens is 306 g/mol. The van der Waals surface area contributed by atoms with Crippen LogP contribution in [0.25, 0.3) is 0 Å². The van der Waals surface area contributed by atoms with E-state index in [0.717, 1.165) is 18.5 Å². The van der Waals surface area contributed by atoms with Gasteiger partial charge in [0, 0.05) is 5.70 Å². The van der Waals surface area contributed by atoms with E-state index in [9.17, 15) is 0 Å². The second kappa shape index (κ2) is 5.01. The fourth-order valence-electron chi connectivity index (χ4n) is 1.30. The minimum Gasteiger partial charge on any atom is -0.402 e. The van der Waals surface area contributed by atoms with Gasteiger partial charge in [-0.1, -0.05) is 11.6 Å². The summed E-state index contributed by atoms with van der Waals surface area (Å²) in [5.41, 5.74) is 6.54. The predicted octanol–water partition coefficient (Wildman–Crippen LogP) is 2.53. The van der Waals surface area contributed by atoms with Gasteiger partial charge in [0.25, 0.3) is 0 Å². The summed E-state index contributed by atoms with van der Waals surface area (Å²) in [7, 11) is 0. The van der Waals surface area contributed by atoms with Crippen molar-refractivity contribution in [3.8, 4) is 0 Å². The number of allylic oxidation sites excluding steroid dienone is 1. The zero-order valence-electron chi connectivity index (χ0n) is 8.87. The molecule has 90 valence electrons. The Hall–Kier alpha value is -1.14. The number of rotatable bonds is 3. The van der Waals surface area contributed by atoms with Gasteiger partial charge in [0.15, 0.2) is 10.6 Å². The molecule has 0 spiro atoms. The zero-order valence-corrected chi connectivity index (χ0v) is 11.2. The summed E-state index contributed by atoms with van der Waals surface area (Å²) < 4.78 is 0.413. The van der Waals surface area contributed by atoms with Gasteiger partial charge in [-0.15, -0.1) is 0 Å². The van der Waals surface area contributed by atoms with Crippen molar-refractivity contribution in [1.82, 2.24) is 9.97 Å². The van der Waals surface area contributed by atoms with Crippen molar-refractivity contribution in [3.63, 3.8) is 0 Å². The van der Waals surface area contributed by atoms with Crippen LogP contribution in [0.15, 0.2) is 22.7 Å². The number of nitrogens with two attached hydrogens (primary N) is 1. The zero-order chi connectivity index (χ0) is 12.4. The number of hydrogen-bond donors (Lipinski definition) is 3. The number of anilines is 1. The third-order valence-corrected chi connectivity index (χ3v) is 2.99. The monoisotopic (exact) mass is 315 g/mol. The highest BCUT2D eigenvalue weighted by atomic mass is 79.9. The van der Waals surface area contributed by atoms with Crippen molar-refractivity contribution in [1.29, 1.82) is 5.41 Å². The smallest absolute Gasteiger partial charge is 0.198 e. The number of hydrogen-bond acceptors (Lipinski definition) is 4. The molecule has 0 aromatic carbocycles. The Morgan fingerprint density at radius 2 is 2.35 bits per heavy atom. The Morgan fingerprint density at radius 1 is 1.65 bits per heavy atom. The number of aromatic nitrogens is 2. The van der Waals surface area contributed by atoms with Crippen LogP contribution in [0.5, 0.6) is 0 Å². The molecule has 1 heterocycles. The lowest BCUT2D eigenvalue weighted by Crippen LogP contribution is -2.13. The molecule has 0 atom stereocenters. The summed E-state index contributed by atoms with van der Waals surface area (Å²) in [4.78, 5) is 7.90. The van der Waals surface area contributed by atoms with Gasteiger partial charge < -0.3 is 11.1 Å². The van der Waals surface area contributed by atoms with E-state index in [4.69, 9.17) is 22.7 Å². The Morgan fingerprint density at radius 3 is 3.00 bits per heavy atom. The van der Waals surface area contributed by atoms with Crippen molar-refractivity contribution in [2.45, 2.75) is 12.8 Å². The Labute approximate surface area is 112 Å². The van der Waals surface area contributed by atoms with Gasteiger partial charge >= 0.3 is 0 Å². The molecule has 0 unspecified atom stereocenters. The van der Waals surface area contributed by atoms with E-state index in [2.05, 4.69) is 31.2 Å². The lowest BCUT2D eigenvalue weighted by atomic mass is 10.3. The first-order valence-corrected chi connectivity index (χ1v) is 6.24. The molecule has 0 bridgehead atoms. The minimum atomic E-state index is 0.168. The van der Waals surface area contributed by atoms with Gasteiger partial charge in [-0.2, -0.15) is 0 Å². The molecule has 2 rings (SSSR count). The largest absolute Gasteiger partial charge is 0.402 e. The minimum absolute atomic E-state index is 0.168. The van der Waals surface area contributed by atoms with Crippen molar-refractivity contribution in [2.75, 3.05) is 5.32 Å². The first-order valence-electron chi connectivity index (χ1n) is 5.07. The van der Waals surface area contributed by atoms with Crippen molar-refractivity contribution in [3.05, 3.63) is 27.7 Å². The highest BCUT2D eigenvalue weighted by Gasteiger charge is 2.24. The molecule has 1 aliphatic rings. The lowest BCUT2D eigenvalue weighted by molar-refractivity contribution is 0.982. The van der Waals surface area contributed by atoms with E-state index in [0.29, 0.717) is 21.5 Å². The molecule has 0 amide bonds. The molecule has 4 N–H and O–H groups in total. The molecule has 1 saturated carbocycles. The average molecular weight is 317 g/mol. The number of halogens is 2. The highest BCUT2D eigenvalue weighted by molar-refractivity contribution is 9.10. The van der Waals surface area contributed by atoms with Crippen molar-refractivity contribution in [2.24, 2.45) is 11.7 Å². The Kier molecular flexibility index (Phi) is 3.63. The topological polar surface area (TPSA) is 87.7 Å². The molecular formula is C10H11BrClN5. The molecule has 1 aromatic rings. The summed E-state index contributed by atoms with van der Waals surface area (Å²) >= 11 is 9.03. The van der Waals surface area contributed by atoms with Gasteiger partial charge in [-0.3, -0.25) is 5.41 Å². The first-order chi connectivity index (χ1) is 8.06. The van der Waals surface area contributed by atoms with E-state index >= 15 is 0 Å². The van der Waals surface area contributed by atoms with Gasteiger partial charge in [0.05, 0.1) is 6.20 Å². The molecule has 0 radical (unpaired) electrons. The maximum Gasteiger partial charge on any atom is 0.198 e. The molecule has 1 aliphatic carbocycles. The third kappa shape index (κ3) is 3.41. The predicted molar refractivity (Wildman–Crippen MR) is 71.1 cm³/mol. The van der Waals surface area contributed by atoms with Gasteiger partial charge in [0.2, 0.25) is 0 Å². The highest BCUT2D eigenvalue weighted by Crippen LogP contribution is 2.33. The van der Waals surface area contributed by atoms with Crippen LogP contribution < -0.4 is 11.1 Å². The van der Waals surface area contributed by atoms with E-state index in [1.807, 2.05) is 0 Å². The average Bonchev–Trinajstić information content (AvgIpc) is 3.06. The van der Waals surface area contributed by atoms with Crippen LogP contribution in [0.2, 0.25) is 5.02 Å².